The number of carbonyl (C=O) groups is 1. The fraction of sp³-hybridized carbons (Fsp3) is 0.133. The van der Waals surface area contributed by atoms with E-state index in [0.29, 0.717) is 10.8 Å². The highest BCUT2D eigenvalue weighted by atomic mass is 35.5. The van der Waals surface area contributed by atoms with Crippen molar-refractivity contribution < 1.29 is 14.5 Å². The molecule has 0 spiro atoms. The Labute approximate surface area is 137 Å². The second kappa shape index (κ2) is 7.46. The van der Waals surface area contributed by atoms with Crippen LogP contribution in [0.1, 0.15) is 0 Å². The molecule has 0 heterocycles. The summed E-state index contributed by atoms with van der Waals surface area (Å²) in [7, 11) is 1.42. The van der Waals surface area contributed by atoms with Gasteiger partial charge >= 0.3 is 0 Å². The number of amides is 1. The van der Waals surface area contributed by atoms with Crippen LogP contribution in [0, 0.1) is 10.1 Å². The Bertz CT molecular complexity index is 719. The number of halogens is 1. The van der Waals surface area contributed by atoms with E-state index in [-0.39, 0.29) is 23.8 Å². The molecule has 0 aliphatic carbocycles. The predicted octanol–water partition coefficient (Wildman–Crippen LogP) is 3.31. The van der Waals surface area contributed by atoms with E-state index >= 15 is 0 Å². The summed E-state index contributed by atoms with van der Waals surface area (Å²) in [6, 6.07) is 10.9. The number of rotatable bonds is 6. The van der Waals surface area contributed by atoms with Gasteiger partial charge in [0.25, 0.3) is 5.69 Å². The second-order valence-electron chi connectivity index (χ2n) is 4.55. The highest BCUT2D eigenvalue weighted by molar-refractivity contribution is 6.30. The number of benzene rings is 2. The lowest BCUT2D eigenvalue weighted by Gasteiger charge is -2.11. The van der Waals surface area contributed by atoms with E-state index in [1.807, 2.05) is 0 Å². The van der Waals surface area contributed by atoms with Gasteiger partial charge in [-0.3, -0.25) is 14.9 Å². The Morgan fingerprint density at radius 1 is 1.26 bits per heavy atom. The van der Waals surface area contributed by atoms with Crippen molar-refractivity contribution >= 4 is 34.6 Å². The van der Waals surface area contributed by atoms with Gasteiger partial charge in [-0.05, 0) is 30.3 Å². The molecule has 0 bridgehead atoms. The van der Waals surface area contributed by atoms with Crippen molar-refractivity contribution in [2.75, 3.05) is 24.3 Å². The third-order valence-electron chi connectivity index (χ3n) is 2.97. The summed E-state index contributed by atoms with van der Waals surface area (Å²) in [4.78, 5) is 22.2. The van der Waals surface area contributed by atoms with Crippen LogP contribution in [0.4, 0.5) is 17.1 Å². The highest BCUT2D eigenvalue weighted by Crippen LogP contribution is 2.28. The van der Waals surface area contributed by atoms with Crippen LogP contribution in [0.25, 0.3) is 0 Å². The minimum atomic E-state index is -0.541. The molecular formula is C15H14ClN3O4. The Balaban J connectivity index is 2.02. The van der Waals surface area contributed by atoms with Gasteiger partial charge in [-0.1, -0.05) is 11.6 Å². The zero-order chi connectivity index (χ0) is 16.8. The molecule has 1 amide bonds. The number of carbonyl (C=O) groups excluding carboxylic acids is 1. The monoisotopic (exact) mass is 335 g/mol. The molecule has 0 saturated carbocycles. The van der Waals surface area contributed by atoms with Crippen molar-refractivity contribution in [2.24, 2.45) is 0 Å². The maximum absolute atomic E-state index is 12.0. The number of ether oxygens (including phenoxy) is 1. The summed E-state index contributed by atoms with van der Waals surface area (Å²) in [5.41, 5.74) is 0.840. The molecule has 0 aromatic heterocycles. The number of nitro benzene ring substituents is 1. The second-order valence-corrected chi connectivity index (χ2v) is 4.99. The van der Waals surface area contributed by atoms with Gasteiger partial charge in [-0.25, -0.2) is 0 Å². The fourth-order valence-electron chi connectivity index (χ4n) is 1.85. The zero-order valence-corrected chi connectivity index (χ0v) is 13.0. The van der Waals surface area contributed by atoms with Crippen LogP contribution in [0.2, 0.25) is 5.02 Å². The summed E-state index contributed by atoms with van der Waals surface area (Å²) < 4.78 is 5.08. The zero-order valence-electron chi connectivity index (χ0n) is 12.2. The summed E-state index contributed by atoms with van der Waals surface area (Å²) in [6.45, 7) is -0.00647. The maximum Gasteiger partial charge on any atom is 0.271 e. The lowest BCUT2D eigenvalue weighted by molar-refractivity contribution is -0.384. The Morgan fingerprint density at radius 2 is 1.96 bits per heavy atom. The number of nitro groups is 1. The predicted molar refractivity (Wildman–Crippen MR) is 88.2 cm³/mol. The van der Waals surface area contributed by atoms with Gasteiger partial charge in [0.2, 0.25) is 5.91 Å². The SMILES string of the molecule is COc1ccc([N+](=O)[O-])cc1NC(=O)CNc1ccc(Cl)cc1. The fourth-order valence-corrected chi connectivity index (χ4v) is 1.98. The molecule has 2 rings (SSSR count). The molecule has 0 saturated heterocycles. The van der Waals surface area contributed by atoms with Gasteiger partial charge in [-0.2, -0.15) is 0 Å². The van der Waals surface area contributed by atoms with E-state index in [0.717, 1.165) is 5.69 Å². The molecule has 0 aliphatic rings. The summed E-state index contributed by atoms with van der Waals surface area (Å²) >= 11 is 5.78. The molecule has 0 fully saturated rings. The minimum Gasteiger partial charge on any atom is -0.495 e. The molecule has 2 aromatic carbocycles. The smallest absolute Gasteiger partial charge is 0.271 e. The first-order valence-corrected chi connectivity index (χ1v) is 6.99. The van der Waals surface area contributed by atoms with Crippen LogP contribution in [-0.4, -0.2) is 24.5 Å². The number of hydrogen-bond donors (Lipinski definition) is 2. The quantitative estimate of drug-likeness (QED) is 0.624. The van der Waals surface area contributed by atoms with Crippen molar-refractivity contribution in [3.05, 3.63) is 57.6 Å². The largest absolute Gasteiger partial charge is 0.495 e. The number of anilines is 2. The van der Waals surface area contributed by atoms with E-state index in [1.165, 1.54) is 25.3 Å². The summed E-state index contributed by atoms with van der Waals surface area (Å²) in [5, 5.41) is 16.9. The van der Waals surface area contributed by atoms with Crippen LogP contribution in [0.3, 0.4) is 0 Å². The van der Waals surface area contributed by atoms with Crippen LogP contribution >= 0.6 is 11.6 Å². The molecule has 0 radical (unpaired) electrons. The van der Waals surface area contributed by atoms with Crippen LogP contribution < -0.4 is 15.4 Å². The third kappa shape index (κ3) is 4.58. The number of nitrogens with one attached hydrogen (secondary N) is 2. The third-order valence-corrected chi connectivity index (χ3v) is 3.22. The van der Waals surface area contributed by atoms with Crippen LogP contribution in [0.5, 0.6) is 5.75 Å². The Morgan fingerprint density at radius 3 is 2.57 bits per heavy atom. The molecule has 8 heteroatoms. The molecule has 7 nitrogen and oxygen atoms in total. The van der Waals surface area contributed by atoms with E-state index in [4.69, 9.17) is 16.3 Å². The van der Waals surface area contributed by atoms with E-state index in [1.54, 1.807) is 24.3 Å². The lowest BCUT2D eigenvalue weighted by atomic mass is 10.2. The van der Waals surface area contributed by atoms with Gasteiger partial charge < -0.3 is 15.4 Å². The van der Waals surface area contributed by atoms with Gasteiger partial charge in [0.15, 0.2) is 0 Å². The van der Waals surface area contributed by atoms with Crippen LogP contribution in [-0.2, 0) is 4.79 Å². The number of methoxy groups -OCH3 is 1. The van der Waals surface area contributed by atoms with Crippen molar-refractivity contribution in [2.45, 2.75) is 0 Å². The molecule has 2 N–H and O–H groups in total. The number of nitrogens with zero attached hydrogens (tertiary/aromatic N) is 1. The van der Waals surface area contributed by atoms with E-state index < -0.39 is 4.92 Å². The normalized spacial score (nSPS) is 10.0. The minimum absolute atomic E-state index is 0.00647. The lowest BCUT2D eigenvalue weighted by Crippen LogP contribution is -2.22. The molecule has 0 atom stereocenters. The first kappa shape index (κ1) is 16.6. The number of non-ortho nitro benzene ring substituents is 1. The van der Waals surface area contributed by atoms with Crippen molar-refractivity contribution in [1.29, 1.82) is 0 Å². The van der Waals surface area contributed by atoms with Crippen molar-refractivity contribution in [1.82, 2.24) is 0 Å². The average molecular weight is 336 g/mol. The molecule has 120 valence electrons. The highest BCUT2D eigenvalue weighted by Gasteiger charge is 2.13. The Kier molecular flexibility index (Phi) is 5.37. The van der Waals surface area contributed by atoms with Gasteiger partial charge in [0.05, 0.1) is 24.3 Å². The maximum atomic E-state index is 12.0. The molecule has 0 aliphatic heterocycles. The number of hydrogen-bond acceptors (Lipinski definition) is 5. The summed E-state index contributed by atoms with van der Waals surface area (Å²) in [5.74, 6) is -0.0193. The van der Waals surface area contributed by atoms with Gasteiger partial charge in [-0.15, -0.1) is 0 Å². The van der Waals surface area contributed by atoms with Crippen LogP contribution in [0.15, 0.2) is 42.5 Å². The molecular weight excluding hydrogens is 322 g/mol. The molecule has 23 heavy (non-hydrogen) atoms. The summed E-state index contributed by atoms with van der Waals surface area (Å²) in [6.07, 6.45) is 0. The van der Waals surface area contributed by atoms with Gasteiger partial charge in [0.1, 0.15) is 5.75 Å². The standard InChI is InChI=1S/C15H14ClN3O4/c1-23-14-7-6-12(19(21)22)8-13(14)18-15(20)9-17-11-4-2-10(16)3-5-11/h2-8,17H,9H2,1H3,(H,18,20). The van der Waals surface area contributed by atoms with Gasteiger partial charge in [0, 0.05) is 22.8 Å². The first-order valence-electron chi connectivity index (χ1n) is 6.61. The molecule has 2 aromatic rings. The topological polar surface area (TPSA) is 93.5 Å². The Hall–Kier alpha value is -2.80. The molecule has 0 unspecified atom stereocenters. The van der Waals surface area contributed by atoms with E-state index in [9.17, 15) is 14.9 Å². The van der Waals surface area contributed by atoms with E-state index in [2.05, 4.69) is 10.6 Å². The van der Waals surface area contributed by atoms with Crippen molar-refractivity contribution in [3.8, 4) is 5.75 Å². The first-order chi connectivity index (χ1) is 11.0. The van der Waals surface area contributed by atoms with Crippen molar-refractivity contribution in [3.63, 3.8) is 0 Å². The average Bonchev–Trinajstić information content (AvgIpc) is 2.54.